The molecule has 0 fully saturated rings. The van der Waals surface area contributed by atoms with E-state index in [1.54, 1.807) is 32.2 Å². The first-order valence-corrected chi connectivity index (χ1v) is 6.75. The normalized spacial score (nSPS) is 13.9. The summed E-state index contributed by atoms with van der Waals surface area (Å²) in [5.41, 5.74) is 6.88. The van der Waals surface area contributed by atoms with E-state index in [1.165, 1.54) is 0 Å². The first kappa shape index (κ1) is 16.3. The van der Waals surface area contributed by atoms with Crippen molar-refractivity contribution in [3.63, 3.8) is 0 Å². The molecule has 0 saturated carbocycles. The zero-order valence-corrected chi connectivity index (χ0v) is 12.8. The van der Waals surface area contributed by atoms with Crippen LogP contribution in [0.1, 0.15) is 27.7 Å². The number of carbonyl (C=O) groups is 1. The molecule has 3 N–H and O–H groups in total. The van der Waals surface area contributed by atoms with Crippen LogP contribution in [-0.4, -0.2) is 25.2 Å². The van der Waals surface area contributed by atoms with E-state index >= 15 is 0 Å². The smallest absolute Gasteiger partial charge is 0.253 e. The van der Waals surface area contributed by atoms with E-state index in [-0.39, 0.29) is 12.0 Å². The Morgan fingerprint density at radius 2 is 1.90 bits per heavy atom. The van der Waals surface area contributed by atoms with Gasteiger partial charge < -0.3 is 20.5 Å². The van der Waals surface area contributed by atoms with Crippen LogP contribution in [0.5, 0.6) is 5.75 Å². The summed E-state index contributed by atoms with van der Waals surface area (Å²) in [4.78, 5) is 12.1. The summed E-state index contributed by atoms with van der Waals surface area (Å²) >= 11 is 0. The van der Waals surface area contributed by atoms with Crippen molar-refractivity contribution >= 4 is 17.3 Å². The number of ether oxygens (including phenoxy) is 2. The van der Waals surface area contributed by atoms with Crippen LogP contribution in [0.25, 0.3) is 0 Å². The van der Waals surface area contributed by atoms with E-state index in [9.17, 15) is 4.79 Å². The number of anilines is 2. The molecule has 1 amide bonds. The fourth-order valence-corrected chi connectivity index (χ4v) is 1.56. The molecule has 1 aromatic rings. The fraction of sp³-hybridized carbons (Fsp3) is 0.533. The number of hydrogen-bond acceptors (Lipinski definition) is 4. The number of hydrogen-bond donors (Lipinski definition) is 2. The average Bonchev–Trinajstić information content (AvgIpc) is 2.40. The van der Waals surface area contributed by atoms with Gasteiger partial charge in [-0.3, -0.25) is 4.79 Å². The minimum Gasteiger partial charge on any atom is -0.497 e. The Bertz CT molecular complexity index is 460. The molecule has 5 nitrogen and oxygen atoms in total. The topological polar surface area (TPSA) is 73.6 Å². The SMILES string of the molecule is COc1ccc(NC(=O)C(C)OC(C)C(C)C)c(N)c1. The molecule has 0 aromatic heterocycles. The third-order valence-electron chi connectivity index (χ3n) is 3.24. The largest absolute Gasteiger partial charge is 0.497 e. The molecule has 0 bridgehead atoms. The maximum Gasteiger partial charge on any atom is 0.253 e. The first-order chi connectivity index (χ1) is 9.35. The number of carbonyl (C=O) groups excluding carboxylic acids is 1. The molecule has 0 heterocycles. The zero-order chi connectivity index (χ0) is 15.3. The number of methoxy groups -OCH3 is 1. The van der Waals surface area contributed by atoms with Crippen molar-refractivity contribution in [2.24, 2.45) is 5.92 Å². The van der Waals surface area contributed by atoms with Gasteiger partial charge in [-0.1, -0.05) is 13.8 Å². The van der Waals surface area contributed by atoms with Crippen LogP contribution in [-0.2, 0) is 9.53 Å². The fourth-order valence-electron chi connectivity index (χ4n) is 1.56. The van der Waals surface area contributed by atoms with Crippen molar-refractivity contribution in [3.05, 3.63) is 18.2 Å². The molecule has 2 unspecified atom stereocenters. The number of rotatable bonds is 6. The van der Waals surface area contributed by atoms with Crippen LogP contribution in [0.15, 0.2) is 18.2 Å². The van der Waals surface area contributed by atoms with Gasteiger partial charge in [0.25, 0.3) is 5.91 Å². The van der Waals surface area contributed by atoms with Gasteiger partial charge in [0.2, 0.25) is 0 Å². The van der Waals surface area contributed by atoms with Gasteiger partial charge in [-0.05, 0) is 31.9 Å². The van der Waals surface area contributed by atoms with Crippen LogP contribution < -0.4 is 15.8 Å². The van der Waals surface area contributed by atoms with Crippen molar-refractivity contribution in [3.8, 4) is 5.75 Å². The summed E-state index contributed by atoms with van der Waals surface area (Å²) < 4.78 is 10.7. The monoisotopic (exact) mass is 280 g/mol. The molecule has 0 aliphatic heterocycles. The van der Waals surface area contributed by atoms with E-state index in [0.29, 0.717) is 23.0 Å². The quantitative estimate of drug-likeness (QED) is 0.786. The molecule has 0 aliphatic carbocycles. The Kier molecular flexibility index (Phi) is 5.82. The lowest BCUT2D eigenvalue weighted by atomic mass is 10.1. The second-order valence-electron chi connectivity index (χ2n) is 5.17. The lowest BCUT2D eigenvalue weighted by Gasteiger charge is -2.21. The second-order valence-corrected chi connectivity index (χ2v) is 5.17. The molecule has 5 heteroatoms. The van der Waals surface area contributed by atoms with E-state index in [2.05, 4.69) is 19.2 Å². The molecule has 20 heavy (non-hydrogen) atoms. The Morgan fingerprint density at radius 1 is 1.25 bits per heavy atom. The Hall–Kier alpha value is -1.75. The molecular weight excluding hydrogens is 256 g/mol. The van der Waals surface area contributed by atoms with Crippen LogP contribution in [0.4, 0.5) is 11.4 Å². The Labute approximate surface area is 120 Å². The molecule has 112 valence electrons. The van der Waals surface area contributed by atoms with Gasteiger partial charge in [0, 0.05) is 6.07 Å². The molecule has 0 radical (unpaired) electrons. The average molecular weight is 280 g/mol. The number of nitrogen functional groups attached to an aromatic ring is 1. The summed E-state index contributed by atoms with van der Waals surface area (Å²) in [6.45, 7) is 7.79. The summed E-state index contributed by atoms with van der Waals surface area (Å²) in [7, 11) is 1.57. The third kappa shape index (κ3) is 4.42. The van der Waals surface area contributed by atoms with Gasteiger partial charge in [-0.15, -0.1) is 0 Å². The number of nitrogens with one attached hydrogen (secondary N) is 1. The highest BCUT2D eigenvalue weighted by molar-refractivity contribution is 5.96. The zero-order valence-electron chi connectivity index (χ0n) is 12.8. The van der Waals surface area contributed by atoms with Crippen molar-refractivity contribution in [1.29, 1.82) is 0 Å². The molecule has 1 rings (SSSR count). The minimum atomic E-state index is -0.533. The van der Waals surface area contributed by atoms with Crippen LogP contribution >= 0.6 is 0 Å². The Balaban J connectivity index is 2.66. The van der Waals surface area contributed by atoms with Crippen molar-refractivity contribution in [1.82, 2.24) is 0 Å². The second kappa shape index (κ2) is 7.14. The van der Waals surface area contributed by atoms with Gasteiger partial charge in [0.15, 0.2) is 0 Å². The van der Waals surface area contributed by atoms with Gasteiger partial charge in [-0.2, -0.15) is 0 Å². The van der Waals surface area contributed by atoms with E-state index < -0.39 is 6.10 Å². The van der Waals surface area contributed by atoms with Crippen LogP contribution in [0.3, 0.4) is 0 Å². The maximum atomic E-state index is 12.1. The van der Waals surface area contributed by atoms with Crippen molar-refractivity contribution < 1.29 is 14.3 Å². The highest BCUT2D eigenvalue weighted by Gasteiger charge is 2.19. The maximum absolute atomic E-state index is 12.1. The van der Waals surface area contributed by atoms with Crippen molar-refractivity contribution in [2.45, 2.75) is 39.9 Å². The lowest BCUT2D eigenvalue weighted by molar-refractivity contribution is -0.130. The highest BCUT2D eigenvalue weighted by Crippen LogP contribution is 2.24. The predicted molar refractivity (Wildman–Crippen MR) is 80.9 cm³/mol. The third-order valence-corrected chi connectivity index (χ3v) is 3.24. The number of nitrogens with two attached hydrogens (primary N) is 1. The van der Waals surface area contributed by atoms with Gasteiger partial charge >= 0.3 is 0 Å². The molecule has 0 aliphatic rings. The summed E-state index contributed by atoms with van der Waals surface area (Å²) in [5, 5.41) is 2.76. The standard InChI is InChI=1S/C15H24N2O3/c1-9(2)10(3)20-11(4)15(18)17-14-7-6-12(19-5)8-13(14)16/h6-11H,16H2,1-5H3,(H,17,18). The Morgan fingerprint density at radius 3 is 2.40 bits per heavy atom. The summed E-state index contributed by atoms with van der Waals surface area (Å²) in [6, 6.07) is 5.12. The van der Waals surface area contributed by atoms with E-state index in [1.807, 2.05) is 6.92 Å². The molecule has 2 atom stereocenters. The summed E-state index contributed by atoms with van der Waals surface area (Å²) in [5.74, 6) is 0.795. The minimum absolute atomic E-state index is 0.0176. The van der Waals surface area contributed by atoms with Gasteiger partial charge in [0.1, 0.15) is 11.9 Å². The van der Waals surface area contributed by atoms with E-state index in [4.69, 9.17) is 15.2 Å². The first-order valence-electron chi connectivity index (χ1n) is 6.75. The molecule has 0 saturated heterocycles. The lowest BCUT2D eigenvalue weighted by Crippen LogP contribution is -2.32. The highest BCUT2D eigenvalue weighted by atomic mass is 16.5. The summed E-state index contributed by atoms with van der Waals surface area (Å²) in [6.07, 6.45) is -0.516. The number of benzene rings is 1. The van der Waals surface area contributed by atoms with Crippen molar-refractivity contribution in [2.75, 3.05) is 18.2 Å². The van der Waals surface area contributed by atoms with Crippen LogP contribution in [0.2, 0.25) is 0 Å². The molecular formula is C15H24N2O3. The van der Waals surface area contributed by atoms with Gasteiger partial charge in [0.05, 0.1) is 24.6 Å². The van der Waals surface area contributed by atoms with Gasteiger partial charge in [-0.25, -0.2) is 0 Å². The molecule has 1 aromatic carbocycles. The predicted octanol–water partition coefficient (Wildman–Crippen LogP) is 2.67. The molecule has 0 spiro atoms. The van der Waals surface area contributed by atoms with E-state index in [0.717, 1.165) is 0 Å². The number of amides is 1. The van der Waals surface area contributed by atoms with Crippen LogP contribution in [0, 0.1) is 5.92 Å².